The summed E-state index contributed by atoms with van der Waals surface area (Å²) in [4.78, 5) is 24.4. The van der Waals surface area contributed by atoms with Gasteiger partial charge in [0.2, 0.25) is 0 Å². The second-order valence-electron chi connectivity index (χ2n) is 6.48. The minimum Gasteiger partial charge on any atom is -0.383 e. The van der Waals surface area contributed by atoms with E-state index in [4.69, 9.17) is 0 Å². The Morgan fingerprint density at radius 2 is 0.893 bits per heavy atom. The third-order valence-electron chi connectivity index (χ3n) is 4.45. The van der Waals surface area contributed by atoms with Crippen LogP contribution in [0.1, 0.15) is 33.6 Å². The maximum atomic E-state index is 12.2. The summed E-state index contributed by atoms with van der Waals surface area (Å²) in [6.45, 7) is 1.10. The van der Waals surface area contributed by atoms with E-state index in [1.807, 2.05) is 84.9 Å². The summed E-state index contributed by atoms with van der Waals surface area (Å²) in [5, 5.41) is 6.63. The van der Waals surface area contributed by atoms with Crippen LogP contribution in [-0.2, 0) is 0 Å². The molecule has 0 aliphatic rings. The lowest BCUT2D eigenvalue weighted by Crippen LogP contribution is -2.12. The molecule has 0 aliphatic carbocycles. The number of ketones is 2. The van der Waals surface area contributed by atoms with E-state index in [0.29, 0.717) is 25.9 Å². The lowest BCUT2D eigenvalue weighted by atomic mass is 10.1. The lowest BCUT2D eigenvalue weighted by Gasteiger charge is -2.13. The number of carbonyl (C=O) groups is 2. The zero-order valence-corrected chi connectivity index (χ0v) is 15.7. The van der Waals surface area contributed by atoms with Crippen molar-refractivity contribution in [3.05, 3.63) is 96.1 Å². The Hall–Kier alpha value is -3.40. The molecule has 0 saturated heterocycles. The second-order valence-corrected chi connectivity index (χ2v) is 6.48. The van der Waals surface area contributed by atoms with Crippen LogP contribution in [0.2, 0.25) is 0 Å². The highest BCUT2D eigenvalue weighted by Crippen LogP contribution is 2.21. The monoisotopic (exact) mass is 372 g/mol. The van der Waals surface area contributed by atoms with Crippen LogP contribution in [0.25, 0.3) is 0 Å². The first-order chi connectivity index (χ1) is 13.7. The van der Waals surface area contributed by atoms with Crippen molar-refractivity contribution in [1.82, 2.24) is 0 Å². The first kappa shape index (κ1) is 19.4. The molecular formula is C24H24N2O2. The second kappa shape index (κ2) is 10.1. The minimum absolute atomic E-state index is 0.118. The molecule has 0 spiro atoms. The third kappa shape index (κ3) is 5.55. The number of hydrogen-bond acceptors (Lipinski definition) is 4. The van der Waals surface area contributed by atoms with Gasteiger partial charge in [0.05, 0.1) is 11.4 Å². The number of hydrogen-bond donors (Lipinski definition) is 2. The average molecular weight is 372 g/mol. The van der Waals surface area contributed by atoms with Gasteiger partial charge in [0.15, 0.2) is 11.6 Å². The Morgan fingerprint density at radius 1 is 0.536 bits per heavy atom. The number of para-hydroxylation sites is 2. The van der Waals surface area contributed by atoms with Gasteiger partial charge in [-0.3, -0.25) is 9.59 Å². The fourth-order valence-corrected chi connectivity index (χ4v) is 2.95. The van der Waals surface area contributed by atoms with E-state index in [1.54, 1.807) is 0 Å². The number of benzene rings is 3. The molecule has 4 heteroatoms. The van der Waals surface area contributed by atoms with Crippen LogP contribution in [0, 0.1) is 0 Å². The maximum absolute atomic E-state index is 12.2. The smallest absolute Gasteiger partial charge is 0.164 e. The minimum atomic E-state index is 0.118. The predicted octanol–water partition coefficient (Wildman–Crippen LogP) is 5.06. The van der Waals surface area contributed by atoms with Crippen LogP contribution >= 0.6 is 0 Å². The van der Waals surface area contributed by atoms with Crippen LogP contribution in [0.3, 0.4) is 0 Å². The summed E-state index contributed by atoms with van der Waals surface area (Å²) >= 11 is 0. The molecule has 3 rings (SSSR count). The molecule has 0 radical (unpaired) electrons. The van der Waals surface area contributed by atoms with Gasteiger partial charge in [-0.15, -0.1) is 0 Å². The molecule has 0 atom stereocenters. The average Bonchev–Trinajstić information content (AvgIpc) is 2.76. The SMILES string of the molecule is O=C(CCNc1ccccc1NCCC(=O)c1ccccc1)c1ccccc1. The molecule has 0 heterocycles. The van der Waals surface area contributed by atoms with Crippen molar-refractivity contribution in [2.24, 2.45) is 0 Å². The first-order valence-corrected chi connectivity index (χ1v) is 9.47. The zero-order chi connectivity index (χ0) is 19.6. The Balaban J connectivity index is 1.49. The van der Waals surface area contributed by atoms with Crippen LogP contribution < -0.4 is 10.6 Å². The van der Waals surface area contributed by atoms with Gasteiger partial charge in [-0.25, -0.2) is 0 Å². The molecule has 142 valence electrons. The molecule has 0 bridgehead atoms. The van der Waals surface area contributed by atoms with Crippen molar-refractivity contribution >= 4 is 22.9 Å². The van der Waals surface area contributed by atoms with Gasteiger partial charge in [-0.2, -0.15) is 0 Å². The Kier molecular flexibility index (Phi) is 6.96. The topological polar surface area (TPSA) is 58.2 Å². The third-order valence-corrected chi connectivity index (χ3v) is 4.45. The summed E-state index contributed by atoms with van der Waals surface area (Å²) in [5.41, 5.74) is 3.32. The summed E-state index contributed by atoms with van der Waals surface area (Å²) in [6.07, 6.45) is 0.843. The van der Waals surface area contributed by atoms with Crippen LogP contribution in [0.4, 0.5) is 11.4 Å². The largest absolute Gasteiger partial charge is 0.383 e. The highest BCUT2D eigenvalue weighted by atomic mass is 16.1. The standard InChI is InChI=1S/C24H24N2O2/c27-23(19-9-3-1-4-10-19)15-17-25-21-13-7-8-14-22(21)26-18-16-24(28)20-11-5-2-6-12-20/h1-14,25-26H,15-18H2. The van der Waals surface area contributed by atoms with Crippen molar-refractivity contribution in [2.45, 2.75) is 12.8 Å². The van der Waals surface area contributed by atoms with Crippen molar-refractivity contribution in [2.75, 3.05) is 23.7 Å². The fourth-order valence-electron chi connectivity index (χ4n) is 2.95. The molecule has 0 unspecified atom stereocenters. The van der Waals surface area contributed by atoms with Gasteiger partial charge >= 0.3 is 0 Å². The number of rotatable bonds is 10. The summed E-state index contributed by atoms with van der Waals surface area (Å²) < 4.78 is 0. The Labute approximate surface area is 165 Å². The maximum Gasteiger partial charge on any atom is 0.164 e. The molecule has 2 N–H and O–H groups in total. The molecular weight excluding hydrogens is 348 g/mol. The van der Waals surface area contributed by atoms with Gasteiger partial charge in [-0.1, -0.05) is 72.8 Å². The molecule has 0 aromatic heterocycles. The van der Waals surface area contributed by atoms with E-state index in [0.717, 1.165) is 22.5 Å². The Bertz CT molecular complexity index is 832. The quantitative estimate of drug-likeness (QED) is 0.489. The number of nitrogens with one attached hydrogen (secondary N) is 2. The molecule has 4 nitrogen and oxygen atoms in total. The van der Waals surface area contributed by atoms with E-state index < -0.39 is 0 Å². The van der Waals surface area contributed by atoms with E-state index >= 15 is 0 Å². The summed E-state index contributed by atoms with van der Waals surface area (Å²) in [5.74, 6) is 0.235. The zero-order valence-electron chi connectivity index (χ0n) is 15.7. The summed E-state index contributed by atoms with van der Waals surface area (Å²) in [6, 6.07) is 26.5. The molecule has 3 aromatic carbocycles. The number of anilines is 2. The van der Waals surface area contributed by atoms with Crippen molar-refractivity contribution < 1.29 is 9.59 Å². The predicted molar refractivity (Wildman–Crippen MR) is 114 cm³/mol. The van der Waals surface area contributed by atoms with Crippen LogP contribution in [0.15, 0.2) is 84.9 Å². The van der Waals surface area contributed by atoms with Gasteiger partial charge in [-0.05, 0) is 12.1 Å². The molecule has 0 fully saturated rings. The first-order valence-electron chi connectivity index (χ1n) is 9.47. The van der Waals surface area contributed by atoms with Gasteiger partial charge in [0.25, 0.3) is 0 Å². The van der Waals surface area contributed by atoms with Gasteiger partial charge < -0.3 is 10.6 Å². The number of carbonyl (C=O) groups excluding carboxylic acids is 2. The van der Waals surface area contributed by atoms with E-state index in [2.05, 4.69) is 10.6 Å². The van der Waals surface area contributed by atoms with Gasteiger partial charge in [0.1, 0.15) is 0 Å². The Morgan fingerprint density at radius 3 is 1.29 bits per heavy atom. The molecule has 28 heavy (non-hydrogen) atoms. The van der Waals surface area contributed by atoms with E-state index in [-0.39, 0.29) is 11.6 Å². The van der Waals surface area contributed by atoms with E-state index in [1.165, 1.54) is 0 Å². The molecule has 0 saturated carbocycles. The van der Waals surface area contributed by atoms with Gasteiger partial charge in [0, 0.05) is 37.1 Å². The molecule has 0 aliphatic heterocycles. The molecule has 3 aromatic rings. The van der Waals surface area contributed by atoms with E-state index in [9.17, 15) is 9.59 Å². The fraction of sp³-hybridized carbons (Fsp3) is 0.167. The van der Waals surface area contributed by atoms with Crippen LogP contribution in [-0.4, -0.2) is 24.7 Å². The highest BCUT2D eigenvalue weighted by molar-refractivity contribution is 5.97. The lowest BCUT2D eigenvalue weighted by molar-refractivity contribution is 0.0978. The highest BCUT2D eigenvalue weighted by Gasteiger charge is 2.07. The van der Waals surface area contributed by atoms with Crippen molar-refractivity contribution in [1.29, 1.82) is 0 Å². The van der Waals surface area contributed by atoms with Crippen molar-refractivity contribution in [3.63, 3.8) is 0 Å². The van der Waals surface area contributed by atoms with Crippen molar-refractivity contribution in [3.8, 4) is 0 Å². The summed E-state index contributed by atoms with van der Waals surface area (Å²) in [7, 11) is 0. The normalized spacial score (nSPS) is 10.3. The van der Waals surface area contributed by atoms with Crippen LogP contribution in [0.5, 0.6) is 0 Å². The number of Topliss-reactive ketones (excluding diaryl/α,β-unsaturated/α-hetero) is 2. The molecule has 0 amide bonds.